The van der Waals surface area contributed by atoms with Crippen LogP contribution in [0.1, 0.15) is 29.0 Å². The van der Waals surface area contributed by atoms with Gasteiger partial charge in [0.2, 0.25) is 0 Å². The van der Waals surface area contributed by atoms with Gasteiger partial charge in [0.05, 0.1) is 0 Å². The predicted molar refractivity (Wildman–Crippen MR) is 246 cm³/mol. The summed E-state index contributed by atoms with van der Waals surface area (Å²) >= 11 is 0. The predicted octanol–water partition coefficient (Wildman–Crippen LogP) is 14.5. The molecule has 12 rings (SSSR count). The Hall–Kier alpha value is -7.69. The highest BCUT2D eigenvalue weighted by atomic mass is 16.3. The van der Waals surface area contributed by atoms with Crippen molar-refractivity contribution in [2.45, 2.75) is 18.8 Å². The van der Waals surface area contributed by atoms with Gasteiger partial charge in [-0.25, -0.2) is 15.0 Å². The van der Waals surface area contributed by atoms with Gasteiger partial charge in [-0.1, -0.05) is 164 Å². The molecule has 4 nitrogen and oxygen atoms in total. The average molecular weight is 768 g/mol. The van der Waals surface area contributed by atoms with E-state index in [0.29, 0.717) is 17.5 Å². The molecule has 0 spiro atoms. The number of hydrogen-bond acceptors (Lipinski definition) is 4. The summed E-state index contributed by atoms with van der Waals surface area (Å²) in [5, 5.41) is 7.04. The summed E-state index contributed by atoms with van der Waals surface area (Å²) in [6.07, 6.45) is 1.83. The molecule has 1 atom stereocenters. The number of rotatable bonds is 5. The first-order valence-corrected chi connectivity index (χ1v) is 20.7. The van der Waals surface area contributed by atoms with Gasteiger partial charge in [0.15, 0.2) is 17.5 Å². The number of furan rings is 1. The fourth-order valence-corrected chi connectivity index (χ4v) is 9.47. The van der Waals surface area contributed by atoms with Gasteiger partial charge in [0.1, 0.15) is 11.2 Å². The van der Waals surface area contributed by atoms with Gasteiger partial charge in [0.25, 0.3) is 0 Å². The van der Waals surface area contributed by atoms with Crippen LogP contribution in [0.25, 0.3) is 99.9 Å². The van der Waals surface area contributed by atoms with Crippen molar-refractivity contribution in [3.63, 3.8) is 0 Å². The third-order valence-electron chi connectivity index (χ3n) is 12.4. The van der Waals surface area contributed by atoms with Crippen molar-refractivity contribution >= 4 is 43.5 Å². The Morgan fingerprint density at radius 3 is 1.85 bits per heavy atom. The molecule has 0 amide bonds. The molecule has 1 aliphatic rings. The minimum Gasteiger partial charge on any atom is -0.456 e. The van der Waals surface area contributed by atoms with Crippen LogP contribution in [0.2, 0.25) is 0 Å². The average Bonchev–Trinajstić information content (AvgIpc) is 3.62. The highest BCUT2D eigenvalue weighted by molar-refractivity contribution is 6.09. The van der Waals surface area contributed by atoms with E-state index in [9.17, 15) is 0 Å². The van der Waals surface area contributed by atoms with Gasteiger partial charge >= 0.3 is 0 Å². The van der Waals surface area contributed by atoms with Crippen molar-refractivity contribution in [2.75, 3.05) is 0 Å². The van der Waals surface area contributed by atoms with E-state index < -0.39 is 0 Å². The van der Waals surface area contributed by atoms with Crippen LogP contribution in [0.4, 0.5) is 0 Å². The van der Waals surface area contributed by atoms with Gasteiger partial charge in [-0.2, -0.15) is 0 Å². The molecular formula is C56H37N3O. The molecule has 0 fully saturated rings. The lowest BCUT2D eigenvalue weighted by molar-refractivity contribution is 0.667. The number of nitrogens with zero attached hydrogens (tertiary/aromatic N) is 3. The van der Waals surface area contributed by atoms with E-state index in [1.807, 2.05) is 12.1 Å². The first kappa shape index (κ1) is 34.4. The van der Waals surface area contributed by atoms with Crippen LogP contribution in [0.15, 0.2) is 199 Å². The molecule has 0 radical (unpaired) electrons. The molecule has 1 aliphatic carbocycles. The van der Waals surface area contributed by atoms with Crippen LogP contribution in [0.5, 0.6) is 0 Å². The summed E-state index contributed by atoms with van der Waals surface area (Å²) in [5.74, 6) is 1.93. The lowest BCUT2D eigenvalue weighted by atomic mass is 9.81. The molecular weight excluding hydrogens is 731 g/mol. The summed E-state index contributed by atoms with van der Waals surface area (Å²) in [5.41, 5.74) is 13.3. The minimum atomic E-state index is 0.0194. The Labute approximate surface area is 347 Å². The summed E-state index contributed by atoms with van der Waals surface area (Å²) in [6.45, 7) is 0. The van der Waals surface area contributed by atoms with Crippen LogP contribution in [0, 0.1) is 0 Å². The Morgan fingerprint density at radius 2 is 1.02 bits per heavy atom. The quantitative estimate of drug-likeness (QED) is 0.175. The second-order valence-corrected chi connectivity index (χ2v) is 15.8. The maximum absolute atomic E-state index is 6.63. The minimum absolute atomic E-state index is 0.0194. The number of fused-ring (bicyclic) bond motifs is 8. The van der Waals surface area contributed by atoms with Crippen molar-refractivity contribution < 1.29 is 4.42 Å². The number of hydrogen-bond donors (Lipinski definition) is 0. The lowest BCUT2D eigenvalue weighted by Gasteiger charge is -2.23. The first-order valence-electron chi connectivity index (χ1n) is 20.7. The SMILES string of the molecule is c1ccc(-c2ccc(-c3nc(-c4ccc5ccccc5c4)nc(-c4ccc5oc6ccccc6c5c4C4CCc5cc6ccccc6cc5-c5ccccc54)n3)cc2)cc1. The van der Waals surface area contributed by atoms with E-state index >= 15 is 0 Å². The van der Waals surface area contributed by atoms with Gasteiger partial charge in [-0.15, -0.1) is 0 Å². The fourth-order valence-electron chi connectivity index (χ4n) is 9.47. The third kappa shape index (κ3) is 5.79. The van der Waals surface area contributed by atoms with E-state index in [4.69, 9.17) is 19.4 Å². The van der Waals surface area contributed by atoms with E-state index in [1.54, 1.807) is 0 Å². The van der Waals surface area contributed by atoms with Gasteiger partial charge in [0, 0.05) is 33.4 Å². The van der Waals surface area contributed by atoms with Crippen LogP contribution >= 0.6 is 0 Å². The van der Waals surface area contributed by atoms with Crippen LogP contribution in [0.3, 0.4) is 0 Å². The zero-order valence-corrected chi connectivity index (χ0v) is 32.7. The highest BCUT2D eigenvalue weighted by Gasteiger charge is 2.30. The molecule has 2 heterocycles. The molecule has 0 bridgehead atoms. The van der Waals surface area contributed by atoms with Crippen molar-refractivity contribution in [3.8, 4) is 56.4 Å². The molecule has 0 aliphatic heterocycles. The summed E-state index contributed by atoms with van der Waals surface area (Å²) in [7, 11) is 0. The summed E-state index contributed by atoms with van der Waals surface area (Å²) in [6, 6.07) is 69.1. The van der Waals surface area contributed by atoms with E-state index in [1.165, 1.54) is 49.5 Å². The van der Waals surface area contributed by atoms with Crippen LogP contribution in [-0.4, -0.2) is 15.0 Å². The standard InChI is InChI=1S/C56H37N3O/c1-2-12-35(13-3-1)37-22-25-38(26-23-37)54-57-55(43-27-24-36-14-4-5-15-39(36)33-43)59-56(58-54)48-30-31-51-53(47-20-10-11-21-50(47)60-51)52(48)46-29-28-42-32-40-16-6-7-17-41(40)34-49(42)45-19-9-8-18-44(45)46/h1-27,30-34,46H,28-29H2. The zero-order chi connectivity index (χ0) is 39.6. The number of para-hydroxylation sites is 1. The normalized spacial score (nSPS) is 13.7. The molecule has 4 heteroatoms. The maximum atomic E-state index is 6.63. The summed E-state index contributed by atoms with van der Waals surface area (Å²) in [4.78, 5) is 16.0. The number of aromatic nitrogens is 3. The van der Waals surface area contributed by atoms with Crippen LogP contribution < -0.4 is 0 Å². The van der Waals surface area contributed by atoms with Crippen molar-refractivity contribution in [2.24, 2.45) is 0 Å². The van der Waals surface area contributed by atoms with Crippen molar-refractivity contribution in [3.05, 3.63) is 211 Å². The number of aryl methyl sites for hydroxylation is 1. The van der Waals surface area contributed by atoms with Gasteiger partial charge < -0.3 is 4.42 Å². The smallest absolute Gasteiger partial charge is 0.164 e. The van der Waals surface area contributed by atoms with Gasteiger partial charge in [-0.3, -0.25) is 0 Å². The van der Waals surface area contributed by atoms with Gasteiger partial charge in [-0.05, 0) is 104 Å². The largest absolute Gasteiger partial charge is 0.456 e. The Morgan fingerprint density at radius 1 is 0.400 bits per heavy atom. The molecule has 1 unspecified atom stereocenters. The van der Waals surface area contributed by atoms with E-state index in [-0.39, 0.29) is 5.92 Å². The lowest BCUT2D eigenvalue weighted by Crippen LogP contribution is -2.08. The number of benzene rings is 9. The Kier molecular flexibility index (Phi) is 8.02. The fraction of sp³-hybridized carbons (Fsp3) is 0.0536. The molecule has 0 N–H and O–H groups in total. The topological polar surface area (TPSA) is 51.8 Å². The van der Waals surface area contributed by atoms with Crippen molar-refractivity contribution in [1.82, 2.24) is 15.0 Å². The van der Waals surface area contributed by atoms with E-state index in [0.717, 1.165) is 62.4 Å². The monoisotopic (exact) mass is 767 g/mol. The molecule has 11 aromatic rings. The second-order valence-electron chi connectivity index (χ2n) is 15.8. The molecule has 282 valence electrons. The molecule has 9 aromatic carbocycles. The molecule has 0 saturated heterocycles. The Bertz CT molecular complexity index is 3440. The van der Waals surface area contributed by atoms with Crippen molar-refractivity contribution in [1.29, 1.82) is 0 Å². The maximum Gasteiger partial charge on any atom is 0.164 e. The Balaban J connectivity index is 1.11. The zero-order valence-electron chi connectivity index (χ0n) is 32.7. The first-order chi connectivity index (χ1) is 29.7. The molecule has 2 aromatic heterocycles. The second kappa shape index (κ2) is 14.0. The summed E-state index contributed by atoms with van der Waals surface area (Å²) < 4.78 is 6.63. The van der Waals surface area contributed by atoms with E-state index in [2.05, 4.69) is 182 Å². The van der Waals surface area contributed by atoms with Crippen LogP contribution in [-0.2, 0) is 6.42 Å². The molecule has 0 saturated carbocycles. The molecule has 60 heavy (non-hydrogen) atoms. The highest BCUT2D eigenvalue weighted by Crippen LogP contribution is 2.49. The third-order valence-corrected chi connectivity index (χ3v) is 12.4.